The second-order valence-corrected chi connectivity index (χ2v) is 7.56. The lowest BCUT2D eigenvalue weighted by atomic mass is 9.96. The Bertz CT molecular complexity index is 1180. The maximum Gasteiger partial charge on any atom is 0.300 e. The first kappa shape index (κ1) is 19.6. The highest BCUT2D eigenvalue weighted by Gasteiger charge is 2.47. The third kappa shape index (κ3) is 3.28. The van der Waals surface area contributed by atoms with Crippen LogP contribution in [0.2, 0.25) is 0 Å². The molecule has 1 aliphatic rings. The minimum Gasteiger partial charge on any atom is -0.507 e. The van der Waals surface area contributed by atoms with E-state index >= 15 is 0 Å². The third-order valence-corrected chi connectivity index (χ3v) is 5.47. The van der Waals surface area contributed by atoms with Gasteiger partial charge in [-0.1, -0.05) is 30.3 Å². The first-order valence-electron chi connectivity index (χ1n) is 9.74. The maximum atomic E-state index is 13.1. The van der Waals surface area contributed by atoms with E-state index in [-0.39, 0.29) is 11.3 Å². The summed E-state index contributed by atoms with van der Waals surface area (Å²) in [6, 6.07) is 17.4. The Labute approximate surface area is 175 Å². The van der Waals surface area contributed by atoms with Gasteiger partial charge in [0.2, 0.25) is 0 Å². The van der Waals surface area contributed by atoms with Crippen LogP contribution in [0, 0.1) is 20.8 Å². The molecule has 2 heterocycles. The van der Waals surface area contributed by atoms with Crippen LogP contribution < -0.4 is 4.90 Å². The van der Waals surface area contributed by atoms with Gasteiger partial charge < -0.3 is 5.11 Å². The van der Waals surface area contributed by atoms with Crippen molar-refractivity contribution in [3.8, 4) is 0 Å². The first-order valence-corrected chi connectivity index (χ1v) is 9.74. The number of carbonyl (C=O) groups is 2. The summed E-state index contributed by atoms with van der Waals surface area (Å²) in [7, 11) is 0. The molecule has 4 rings (SSSR count). The number of aliphatic hydroxyl groups is 1. The summed E-state index contributed by atoms with van der Waals surface area (Å²) in [5.74, 6) is -1.59. The molecule has 30 heavy (non-hydrogen) atoms. The summed E-state index contributed by atoms with van der Waals surface area (Å²) in [6.07, 6.45) is 1.61. The molecule has 1 aliphatic heterocycles. The number of rotatable bonds is 3. The highest BCUT2D eigenvalue weighted by molar-refractivity contribution is 6.51. The summed E-state index contributed by atoms with van der Waals surface area (Å²) in [4.78, 5) is 32.0. The van der Waals surface area contributed by atoms with Crippen LogP contribution >= 0.6 is 0 Å². The summed E-state index contributed by atoms with van der Waals surface area (Å²) < 4.78 is 0. The monoisotopic (exact) mass is 398 g/mol. The Balaban J connectivity index is 1.95. The fourth-order valence-corrected chi connectivity index (χ4v) is 3.74. The average molecular weight is 398 g/mol. The minimum absolute atomic E-state index is 0.0449. The smallest absolute Gasteiger partial charge is 0.300 e. The Morgan fingerprint density at radius 3 is 2.40 bits per heavy atom. The van der Waals surface area contributed by atoms with Gasteiger partial charge >= 0.3 is 0 Å². The molecule has 0 radical (unpaired) electrons. The van der Waals surface area contributed by atoms with Gasteiger partial charge in [0.1, 0.15) is 11.8 Å². The van der Waals surface area contributed by atoms with Crippen molar-refractivity contribution in [1.82, 2.24) is 4.98 Å². The van der Waals surface area contributed by atoms with Gasteiger partial charge in [0, 0.05) is 17.4 Å². The molecule has 0 saturated carbocycles. The summed E-state index contributed by atoms with van der Waals surface area (Å²) in [5.41, 5.74) is 4.68. The van der Waals surface area contributed by atoms with Crippen molar-refractivity contribution in [3.63, 3.8) is 0 Å². The Kier molecular flexibility index (Phi) is 4.96. The van der Waals surface area contributed by atoms with Crippen LogP contribution in [-0.4, -0.2) is 21.8 Å². The number of hydrogen-bond acceptors (Lipinski definition) is 4. The Morgan fingerprint density at radius 1 is 0.933 bits per heavy atom. The highest BCUT2D eigenvalue weighted by Crippen LogP contribution is 2.41. The predicted octanol–water partition coefficient (Wildman–Crippen LogP) is 4.63. The van der Waals surface area contributed by atoms with Gasteiger partial charge in [-0.3, -0.25) is 19.5 Å². The van der Waals surface area contributed by atoms with E-state index in [4.69, 9.17) is 0 Å². The van der Waals surface area contributed by atoms with Gasteiger partial charge in [0.05, 0.1) is 11.3 Å². The lowest BCUT2D eigenvalue weighted by Gasteiger charge is -2.25. The molecule has 5 heteroatoms. The van der Waals surface area contributed by atoms with Gasteiger partial charge in [-0.05, 0) is 67.8 Å². The van der Waals surface area contributed by atoms with Gasteiger partial charge in [-0.2, -0.15) is 0 Å². The molecule has 5 nitrogen and oxygen atoms in total. The average Bonchev–Trinajstić information content (AvgIpc) is 3.01. The molecule has 150 valence electrons. The first-order chi connectivity index (χ1) is 14.4. The van der Waals surface area contributed by atoms with Crippen molar-refractivity contribution >= 4 is 23.1 Å². The SMILES string of the molecule is Cc1cccc(N2C(=O)C(=O)/C(=C(\O)c3ccc(C)c(C)c3)C2c2ccccn2)c1. The van der Waals surface area contributed by atoms with Gasteiger partial charge in [0.15, 0.2) is 0 Å². The molecule has 0 bridgehead atoms. The van der Waals surface area contributed by atoms with E-state index in [2.05, 4.69) is 4.98 Å². The lowest BCUT2D eigenvalue weighted by molar-refractivity contribution is -0.132. The number of aliphatic hydroxyl groups excluding tert-OH is 1. The number of benzene rings is 2. The predicted molar refractivity (Wildman–Crippen MR) is 116 cm³/mol. The minimum atomic E-state index is -0.811. The zero-order valence-corrected chi connectivity index (χ0v) is 17.1. The molecular weight excluding hydrogens is 376 g/mol. The number of pyridine rings is 1. The summed E-state index contributed by atoms with van der Waals surface area (Å²) in [6.45, 7) is 5.84. The number of anilines is 1. The van der Waals surface area contributed by atoms with E-state index in [1.807, 2.05) is 51.1 Å². The zero-order valence-electron chi connectivity index (χ0n) is 17.1. The molecule has 1 unspecified atom stereocenters. The third-order valence-electron chi connectivity index (χ3n) is 5.47. The molecule has 1 aromatic heterocycles. The Morgan fingerprint density at radius 2 is 1.73 bits per heavy atom. The number of hydrogen-bond donors (Lipinski definition) is 1. The van der Waals surface area contributed by atoms with Gasteiger partial charge in [-0.15, -0.1) is 0 Å². The van der Waals surface area contributed by atoms with Crippen LogP contribution in [0.4, 0.5) is 5.69 Å². The molecule has 1 N–H and O–H groups in total. The summed E-state index contributed by atoms with van der Waals surface area (Å²) >= 11 is 0. The van der Waals surface area contributed by atoms with Gasteiger partial charge in [0.25, 0.3) is 11.7 Å². The van der Waals surface area contributed by atoms with E-state index in [9.17, 15) is 14.7 Å². The zero-order chi connectivity index (χ0) is 21.4. The van der Waals surface area contributed by atoms with Crippen molar-refractivity contribution in [2.45, 2.75) is 26.8 Å². The normalized spacial score (nSPS) is 18.1. The van der Waals surface area contributed by atoms with Crippen LogP contribution in [0.1, 0.15) is 34.0 Å². The maximum absolute atomic E-state index is 13.1. The van der Waals surface area contributed by atoms with Crippen LogP contribution in [0.3, 0.4) is 0 Å². The molecule has 2 aromatic carbocycles. The highest BCUT2D eigenvalue weighted by atomic mass is 16.3. The standard InChI is InChI=1S/C25H22N2O3/c1-15-7-6-8-19(13-15)27-22(20-9-4-5-12-26-20)21(24(29)25(27)30)23(28)18-11-10-16(2)17(3)14-18/h4-14,22,28H,1-3H3/b23-21-. The number of Topliss-reactive ketones (excluding diaryl/α,β-unsaturated/α-hetero) is 1. The summed E-state index contributed by atoms with van der Waals surface area (Å²) in [5, 5.41) is 11.1. The fraction of sp³-hybridized carbons (Fsp3) is 0.160. The van der Waals surface area contributed by atoms with Crippen molar-refractivity contribution < 1.29 is 14.7 Å². The van der Waals surface area contributed by atoms with E-state index in [0.29, 0.717) is 16.9 Å². The molecule has 1 fully saturated rings. The van der Waals surface area contributed by atoms with Crippen molar-refractivity contribution in [2.24, 2.45) is 0 Å². The van der Waals surface area contributed by atoms with Crippen molar-refractivity contribution in [3.05, 3.63) is 100 Å². The fourth-order valence-electron chi connectivity index (χ4n) is 3.74. The van der Waals surface area contributed by atoms with Crippen LogP contribution in [0.5, 0.6) is 0 Å². The van der Waals surface area contributed by atoms with E-state index in [1.165, 1.54) is 4.90 Å². The van der Waals surface area contributed by atoms with Crippen LogP contribution in [-0.2, 0) is 9.59 Å². The number of aromatic nitrogens is 1. The quantitative estimate of drug-likeness (QED) is 0.397. The molecule has 1 atom stereocenters. The van der Waals surface area contributed by atoms with E-state index in [0.717, 1.165) is 16.7 Å². The number of aryl methyl sites for hydroxylation is 3. The molecule has 0 aliphatic carbocycles. The topological polar surface area (TPSA) is 70.5 Å². The largest absolute Gasteiger partial charge is 0.507 e. The van der Waals surface area contributed by atoms with Gasteiger partial charge in [-0.25, -0.2) is 0 Å². The van der Waals surface area contributed by atoms with E-state index < -0.39 is 17.7 Å². The molecule has 1 amide bonds. The Hall–Kier alpha value is -3.73. The lowest BCUT2D eigenvalue weighted by Crippen LogP contribution is -2.29. The van der Waals surface area contributed by atoms with Crippen molar-refractivity contribution in [2.75, 3.05) is 4.90 Å². The molecular formula is C25H22N2O3. The second kappa shape index (κ2) is 7.59. The number of ketones is 1. The number of carbonyl (C=O) groups excluding carboxylic acids is 2. The second-order valence-electron chi connectivity index (χ2n) is 7.56. The molecule has 1 saturated heterocycles. The van der Waals surface area contributed by atoms with Crippen LogP contribution in [0.25, 0.3) is 5.76 Å². The van der Waals surface area contributed by atoms with E-state index in [1.54, 1.807) is 36.5 Å². The number of amides is 1. The molecule has 3 aromatic rings. The van der Waals surface area contributed by atoms with Crippen molar-refractivity contribution in [1.29, 1.82) is 0 Å². The number of nitrogens with zero attached hydrogens (tertiary/aromatic N) is 2. The molecule has 0 spiro atoms. The van der Waals surface area contributed by atoms with Crippen LogP contribution in [0.15, 0.2) is 72.4 Å².